The lowest BCUT2D eigenvalue weighted by Gasteiger charge is -2.15. The van der Waals surface area contributed by atoms with Gasteiger partial charge in [-0.15, -0.1) is 0 Å². The van der Waals surface area contributed by atoms with Gasteiger partial charge >= 0.3 is 0 Å². The van der Waals surface area contributed by atoms with E-state index in [9.17, 15) is 12.8 Å². The molecule has 1 aromatic heterocycles. The topological polar surface area (TPSA) is 107 Å². The van der Waals surface area contributed by atoms with Crippen LogP contribution in [-0.4, -0.2) is 18.4 Å². The summed E-state index contributed by atoms with van der Waals surface area (Å²) in [5.41, 5.74) is 8.37. The van der Waals surface area contributed by atoms with Gasteiger partial charge in [0.25, 0.3) is 10.0 Å². The highest BCUT2D eigenvalue weighted by Crippen LogP contribution is 2.32. The van der Waals surface area contributed by atoms with E-state index in [1.807, 2.05) is 24.3 Å². The lowest BCUT2D eigenvalue weighted by molar-refractivity contribution is 0.461. The van der Waals surface area contributed by atoms with E-state index in [-0.39, 0.29) is 22.6 Å². The molecule has 0 aliphatic heterocycles. The van der Waals surface area contributed by atoms with Crippen molar-refractivity contribution in [2.24, 2.45) is 0 Å². The van der Waals surface area contributed by atoms with E-state index in [4.69, 9.17) is 10.5 Å². The number of hydrogen-bond donors (Lipinski definition) is 2. The van der Waals surface area contributed by atoms with Crippen LogP contribution in [0.5, 0.6) is 11.6 Å². The van der Waals surface area contributed by atoms with Gasteiger partial charge in [0.15, 0.2) is 0 Å². The Morgan fingerprint density at radius 3 is 2.38 bits per heavy atom. The Balaban J connectivity index is 1.79. The van der Waals surface area contributed by atoms with E-state index in [2.05, 4.69) is 28.5 Å². The summed E-state index contributed by atoms with van der Waals surface area (Å²) < 4.78 is 47.4. The van der Waals surface area contributed by atoms with Crippen molar-refractivity contribution in [1.82, 2.24) is 9.97 Å². The zero-order chi connectivity index (χ0) is 24.3. The van der Waals surface area contributed by atoms with Crippen molar-refractivity contribution in [3.63, 3.8) is 0 Å². The average molecular weight is 479 g/mol. The smallest absolute Gasteiger partial charge is 0.264 e. The summed E-state index contributed by atoms with van der Waals surface area (Å²) in [5, 5.41) is 0. The first-order valence-corrected chi connectivity index (χ1v) is 12.0. The largest absolute Gasteiger partial charge is 0.439 e. The van der Waals surface area contributed by atoms with Crippen LogP contribution in [-0.2, 0) is 10.0 Å². The molecule has 4 rings (SSSR count). The molecule has 0 saturated carbocycles. The van der Waals surface area contributed by atoms with Crippen molar-refractivity contribution < 1.29 is 17.5 Å². The maximum Gasteiger partial charge on any atom is 0.264 e. The van der Waals surface area contributed by atoms with E-state index >= 15 is 0 Å². The van der Waals surface area contributed by atoms with Gasteiger partial charge in [0.2, 0.25) is 11.8 Å². The van der Waals surface area contributed by atoms with Crippen molar-refractivity contribution in [2.45, 2.75) is 24.7 Å². The Labute approximate surface area is 197 Å². The molecule has 7 nitrogen and oxygen atoms in total. The summed E-state index contributed by atoms with van der Waals surface area (Å²) in [5.74, 6) is 0.0566. The van der Waals surface area contributed by atoms with Crippen molar-refractivity contribution in [1.29, 1.82) is 0 Å². The van der Waals surface area contributed by atoms with Crippen molar-refractivity contribution in [2.75, 3.05) is 10.5 Å². The molecule has 0 aliphatic carbocycles. The third kappa shape index (κ3) is 5.32. The number of nitrogen functional groups attached to an aromatic ring is 1. The summed E-state index contributed by atoms with van der Waals surface area (Å²) >= 11 is 0. The number of sulfonamides is 1. The molecule has 9 heteroatoms. The number of anilines is 2. The molecule has 0 amide bonds. The number of nitrogens with one attached hydrogen (secondary N) is 1. The lowest BCUT2D eigenvalue weighted by atomic mass is 9.95. The Bertz CT molecular complexity index is 1420. The first kappa shape index (κ1) is 23.2. The fourth-order valence-corrected chi connectivity index (χ4v) is 4.38. The summed E-state index contributed by atoms with van der Waals surface area (Å²) in [7, 11) is -4.02. The van der Waals surface area contributed by atoms with Crippen LogP contribution in [0.25, 0.3) is 11.3 Å². The molecule has 0 fully saturated rings. The van der Waals surface area contributed by atoms with E-state index in [1.54, 1.807) is 18.2 Å². The second-order valence-corrected chi connectivity index (χ2v) is 9.57. The van der Waals surface area contributed by atoms with E-state index in [0.29, 0.717) is 17.1 Å². The SMILES string of the molecule is CC(C)c1ccccc1-c1cc(Oc2ccc(F)cc2)nc(NS(=O)(=O)c2cccc(N)c2)n1. The minimum atomic E-state index is -4.02. The van der Waals surface area contributed by atoms with Crippen LogP contribution < -0.4 is 15.2 Å². The number of nitrogens with two attached hydrogens (primary N) is 1. The normalized spacial score (nSPS) is 11.4. The Kier molecular flexibility index (Phi) is 6.47. The van der Waals surface area contributed by atoms with Crippen LogP contribution in [0.2, 0.25) is 0 Å². The van der Waals surface area contributed by atoms with Gasteiger partial charge in [0, 0.05) is 17.3 Å². The molecule has 0 spiro atoms. The van der Waals surface area contributed by atoms with Gasteiger partial charge < -0.3 is 10.5 Å². The van der Waals surface area contributed by atoms with Crippen molar-refractivity contribution >= 4 is 21.7 Å². The van der Waals surface area contributed by atoms with Crippen LogP contribution in [0.15, 0.2) is 83.8 Å². The Morgan fingerprint density at radius 2 is 1.68 bits per heavy atom. The molecule has 4 aromatic rings. The monoisotopic (exact) mass is 478 g/mol. The quantitative estimate of drug-likeness (QED) is 0.336. The number of halogens is 1. The van der Waals surface area contributed by atoms with Crippen molar-refractivity contribution in [3.8, 4) is 22.9 Å². The number of aromatic nitrogens is 2. The predicted molar refractivity (Wildman–Crippen MR) is 130 cm³/mol. The molecule has 0 radical (unpaired) electrons. The summed E-state index contributed by atoms with van der Waals surface area (Å²) in [6.07, 6.45) is 0. The van der Waals surface area contributed by atoms with Gasteiger partial charge in [0.05, 0.1) is 10.6 Å². The standard InChI is InChI=1S/C25H23FN4O3S/c1-16(2)21-8-3-4-9-22(21)23-15-24(33-19-12-10-17(26)11-13-19)29-25(28-23)30-34(31,32)20-7-5-6-18(27)14-20/h3-16H,27H2,1-2H3,(H,28,29,30). The van der Waals surface area contributed by atoms with Gasteiger partial charge in [-0.3, -0.25) is 0 Å². The number of nitrogens with zero attached hydrogens (tertiary/aromatic N) is 2. The van der Waals surface area contributed by atoms with Gasteiger partial charge in [0.1, 0.15) is 11.6 Å². The molecule has 0 saturated heterocycles. The highest BCUT2D eigenvalue weighted by molar-refractivity contribution is 7.92. The van der Waals surface area contributed by atoms with Crippen LogP contribution in [0, 0.1) is 5.82 Å². The zero-order valence-electron chi connectivity index (χ0n) is 18.6. The molecule has 3 N–H and O–H groups in total. The first-order chi connectivity index (χ1) is 16.2. The average Bonchev–Trinajstić information content (AvgIpc) is 2.80. The maximum absolute atomic E-state index is 13.3. The number of ether oxygens (including phenoxy) is 1. The molecule has 1 heterocycles. The second-order valence-electron chi connectivity index (χ2n) is 7.89. The zero-order valence-corrected chi connectivity index (χ0v) is 19.4. The second kappa shape index (κ2) is 9.48. The predicted octanol–water partition coefficient (Wildman–Crippen LogP) is 5.58. The highest BCUT2D eigenvalue weighted by Gasteiger charge is 2.19. The van der Waals surface area contributed by atoms with Gasteiger partial charge in [-0.25, -0.2) is 22.5 Å². The van der Waals surface area contributed by atoms with Gasteiger partial charge in [-0.2, -0.15) is 4.98 Å². The number of benzene rings is 3. The molecular weight excluding hydrogens is 455 g/mol. The third-order valence-electron chi connectivity index (χ3n) is 4.99. The fraction of sp³-hybridized carbons (Fsp3) is 0.120. The minimum Gasteiger partial charge on any atom is -0.439 e. The maximum atomic E-state index is 13.3. The number of rotatable bonds is 7. The van der Waals surface area contributed by atoms with Crippen LogP contribution in [0.1, 0.15) is 25.3 Å². The highest BCUT2D eigenvalue weighted by atomic mass is 32.2. The molecule has 0 aliphatic rings. The molecule has 0 bridgehead atoms. The van der Waals surface area contributed by atoms with Crippen LogP contribution in [0.4, 0.5) is 16.0 Å². The molecular formula is C25H23FN4O3S. The van der Waals surface area contributed by atoms with Gasteiger partial charge in [-0.05, 0) is 53.9 Å². The fourth-order valence-electron chi connectivity index (χ4n) is 3.38. The molecule has 0 atom stereocenters. The molecule has 34 heavy (non-hydrogen) atoms. The van der Waals surface area contributed by atoms with E-state index in [1.165, 1.54) is 36.4 Å². The molecule has 0 unspecified atom stereocenters. The van der Waals surface area contributed by atoms with Crippen LogP contribution in [0.3, 0.4) is 0 Å². The number of hydrogen-bond acceptors (Lipinski definition) is 6. The minimum absolute atomic E-state index is 0.0231. The van der Waals surface area contributed by atoms with Gasteiger partial charge in [-0.1, -0.05) is 44.2 Å². The van der Waals surface area contributed by atoms with Crippen LogP contribution >= 0.6 is 0 Å². The summed E-state index contributed by atoms with van der Waals surface area (Å²) in [6.45, 7) is 4.11. The lowest BCUT2D eigenvalue weighted by Crippen LogP contribution is -2.16. The van der Waals surface area contributed by atoms with E-state index in [0.717, 1.165) is 11.1 Å². The summed E-state index contributed by atoms with van der Waals surface area (Å²) in [4.78, 5) is 8.68. The van der Waals surface area contributed by atoms with E-state index < -0.39 is 15.8 Å². The van der Waals surface area contributed by atoms with Crippen molar-refractivity contribution in [3.05, 3.63) is 90.2 Å². The molecule has 174 valence electrons. The first-order valence-electron chi connectivity index (χ1n) is 10.5. The Hall–Kier alpha value is -3.98. The third-order valence-corrected chi connectivity index (χ3v) is 6.32. The molecule has 3 aromatic carbocycles. The summed E-state index contributed by atoms with van der Waals surface area (Å²) in [6, 6.07) is 20.6. The Morgan fingerprint density at radius 1 is 0.941 bits per heavy atom.